The molecule has 5 nitrogen and oxygen atoms in total. The van der Waals surface area contributed by atoms with Gasteiger partial charge in [0, 0.05) is 54.9 Å². The van der Waals surface area contributed by atoms with Crippen LogP contribution in [0.15, 0.2) is 24.3 Å². The molecule has 0 unspecified atom stereocenters. The van der Waals surface area contributed by atoms with E-state index in [0.717, 1.165) is 67.7 Å². The van der Waals surface area contributed by atoms with E-state index in [-0.39, 0.29) is 5.92 Å². The first-order valence-electron chi connectivity index (χ1n) is 8.94. The van der Waals surface area contributed by atoms with E-state index in [1.54, 1.807) is 0 Å². The molecule has 132 valence electrons. The zero-order chi connectivity index (χ0) is 17.4. The van der Waals surface area contributed by atoms with E-state index in [0.29, 0.717) is 5.91 Å². The average molecular weight is 359 g/mol. The van der Waals surface area contributed by atoms with Crippen LogP contribution in [-0.4, -0.2) is 47.0 Å². The lowest BCUT2D eigenvalue weighted by Gasteiger charge is -2.38. The van der Waals surface area contributed by atoms with Gasteiger partial charge in [0.2, 0.25) is 5.91 Å². The SMILES string of the molecule is Cc1nc2c([nH]1)C[C@H](C(=O)N1CCN(c3ccc(Cl)cc3)CC1)CC2. The number of H-pyrrole nitrogens is 1. The maximum Gasteiger partial charge on any atom is 0.226 e. The lowest BCUT2D eigenvalue weighted by molar-refractivity contribution is -0.136. The standard InChI is InChI=1S/C19H23ClN4O/c1-13-21-17-7-2-14(12-18(17)22-13)19(25)24-10-8-23(9-11-24)16-5-3-15(20)4-6-16/h3-6,14H,2,7-12H2,1H3,(H,21,22)/t14-/m1/s1. The summed E-state index contributed by atoms with van der Waals surface area (Å²) in [5.74, 6) is 1.35. The average Bonchev–Trinajstić information content (AvgIpc) is 3.01. The summed E-state index contributed by atoms with van der Waals surface area (Å²) in [7, 11) is 0. The molecule has 25 heavy (non-hydrogen) atoms. The van der Waals surface area contributed by atoms with Crippen LogP contribution >= 0.6 is 11.6 Å². The minimum Gasteiger partial charge on any atom is -0.368 e. The minimum atomic E-state index is 0.0921. The second-order valence-corrected chi connectivity index (χ2v) is 7.41. The van der Waals surface area contributed by atoms with E-state index in [1.807, 2.05) is 36.1 Å². The van der Waals surface area contributed by atoms with E-state index < -0.39 is 0 Å². The number of hydrogen-bond donors (Lipinski definition) is 1. The third kappa shape index (κ3) is 3.38. The Bertz CT molecular complexity index is 762. The summed E-state index contributed by atoms with van der Waals surface area (Å²) in [5, 5.41) is 0.753. The fraction of sp³-hybridized carbons (Fsp3) is 0.474. The molecule has 1 saturated heterocycles. The van der Waals surface area contributed by atoms with Gasteiger partial charge in [-0.1, -0.05) is 11.6 Å². The summed E-state index contributed by atoms with van der Waals surface area (Å²) in [6.07, 6.45) is 2.61. The number of piperazine rings is 1. The lowest BCUT2D eigenvalue weighted by atomic mass is 9.88. The number of aromatic amines is 1. The molecule has 2 aromatic rings. The van der Waals surface area contributed by atoms with Gasteiger partial charge in [-0.15, -0.1) is 0 Å². The molecule has 1 aromatic heterocycles. The zero-order valence-electron chi connectivity index (χ0n) is 14.5. The van der Waals surface area contributed by atoms with Crippen molar-refractivity contribution >= 4 is 23.2 Å². The summed E-state index contributed by atoms with van der Waals surface area (Å²) in [6, 6.07) is 7.92. The molecule has 1 atom stereocenters. The number of halogens is 1. The van der Waals surface area contributed by atoms with Crippen molar-refractivity contribution in [2.24, 2.45) is 5.92 Å². The van der Waals surface area contributed by atoms with Crippen LogP contribution in [0.3, 0.4) is 0 Å². The van der Waals surface area contributed by atoms with Crippen LogP contribution in [-0.2, 0) is 17.6 Å². The minimum absolute atomic E-state index is 0.0921. The quantitative estimate of drug-likeness (QED) is 0.898. The molecular formula is C19H23ClN4O. The van der Waals surface area contributed by atoms with Crippen molar-refractivity contribution in [2.75, 3.05) is 31.1 Å². The van der Waals surface area contributed by atoms with Gasteiger partial charge < -0.3 is 14.8 Å². The number of nitrogens with one attached hydrogen (secondary N) is 1. The molecule has 1 amide bonds. The number of hydrogen-bond acceptors (Lipinski definition) is 3. The number of amides is 1. The number of imidazole rings is 1. The van der Waals surface area contributed by atoms with Crippen LogP contribution in [0, 0.1) is 12.8 Å². The number of rotatable bonds is 2. The molecule has 0 bridgehead atoms. The fourth-order valence-electron chi connectivity index (χ4n) is 3.93. The molecule has 2 aliphatic rings. The Morgan fingerprint density at radius 3 is 2.64 bits per heavy atom. The van der Waals surface area contributed by atoms with Crippen LogP contribution in [0.5, 0.6) is 0 Å². The number of anilines is 1. The van der Waals surface area contributed by atoms with Gasteiger partial charge in [0.05, 0.1) is 5.69 Å². The second-order valence-electron chi connectivity index (χ2n) is 6.98. The largest absolute Gasteiger partial charge is 0.368 e. The Balaban J connectivity index is 1.36. The number of fused-ring (bicyclic) bond motifs is 1. The van der Waals surface area contributed by atoms with Gasteiger partial charge in [-0.25, -0.2) is 4.98 Å². The highest BCUT2D eigenvalue weighted by molar-refractivity contribution is 6.30. The summed E-state index contributed by atoms with van der Waals surface area (Å²) >= 11 is 5.96. The van der Waals surface area contributed by atoms with Crippen LogP contribution in [0.1, 0.15) is 23.6 Å². The van der Waals surface area contributed by atoms with Crippen molar-refractivity contribution in [1.82, 2.24) is 14.9 Å². The molecule has 4 rings (SSSR count). The Morgan fingerprint density at radius 2 is 1.92 bits per heavy atom. The zero-order valence-corrected chi connectivity index (χ0v) is 15.2. The number of aryl methyl sites for hydroxylation is 2. The van der Waals surface area contributed by atoms with E-state index in [9.17, 15) is 4.79 Å². The van der Waals surface area contributed by atoms with Crippen molar-refractivity contribution in [3.05, 3.63) is 46.5 Å². The van der Waals surface area contributed by atoms with Gasteiger partial charge in [-0.3, -0.25) is 4.79 Å². The summed E-state index contributed by atoms with van der Waals surface area (Å²) < 4.78 is 0. The number of benzene rings is 1. The predicted octanol–water partition coefficient (Wildman–Crippen LogP) is 2.83. The van der Waals surface area contributed by atoms with Gasteiger partial charge in [-0.05, 0) is 44.0 Å². The molecule has 0 spiro atoms. The molecule has 1 N–H and O–H groups in total. The molecule has 1 aliphatic heterocycles. The summed E-state index contributed by atoms with van der Waals surface area (Å²) in [6.45, 7) is 5.29. The van der Waals surface area contributed by atoms with Crippen LogP contribution < -0.4 is 4.90 Å². The first-order chi connectivity index (χ1) is 12.1. The first-order valence-corrected chi connectivity index (χ1v) is 9.31. The highest BCUT2D eigenvalue weighted by atomic mass is 35.5. The third-order valence-corrected chi connectivity index (χ3v) is 5.55. The molecule has 2 heterocycles. The van der Waals surface area contributed by atoms with Gasteiger partial charge in [0.25, 0.3) is 0 Å². The second kappa shape index (κ2) is 6.71. The van der Waals surface area contributed by atoms with E-state index in [1.165, 1.54) is 5.69 Å². The Morgan fingerprint density at radius 1 is 1.20 bits per heavy atom. The van der Waals surface area contributed by atoms with E-state index >= 15 is 0 Å². The Hall–Kier alpha value is -2.01. The Labute approximate surface area is 153 Å². The van der Waals surface area contributed by atoms with Gasteiger partial charge >= 0.3 is 0 Å². The first kappa shape index (κ1) is 16.5. The predicted molar refractivity (Wildman–Crippen MR) is 99.1 cm³/mol. The third-order valence-electron chi connectivity index (χ3n) is 5.30. The molecule has 1 fully saturated rings. The van der Waals surface area contributed by atoms with Crippen LogP contribution in [0.4, 0.5) is 5.69 Å². The monoisotopic (exact) mass is 358 g/mol. The van der Waals surface area contributed by atoms with E-state index in [4.69, 9.17) is 11.6 Å². The van der Waals surface area contributed by atoms with Gasteiger partial charge in [-0.2, -0.15) is 0 Å². The van der Waals surface area contributed by atoms with Gasteiger partial charge in [0.15, 0.2) is 0 Å². The van der Waals surface area contributed by atoms with E-state index in [2.05, 4.69) is 14.9 Å². The molecule has 6 heteroatoms. The van der Waals surface area contributed by atoms with Crippen LogP contribution in [0.2, 0.25) is 5.02 Å². The molecule has 1 aliphatic carbocycles. The summed E-state index contributed by atoms with van der Waals surface area (Å²) in [4.78, 5) is 25.1. The maximum absolute atomic E-state index is 12.9. The smallest absolute Gasteiger partial charge is 0.226 e. The van der Waals surface area contributed by atoms with Crippen molar-refractivity contribution in [3.8, 4) is 0 Å². The Kier molecular flexibility index (Phi) is 4.42. The van der Waals surface area contributed by atoms with Crippen molar-refractivity contribution in [3.63, 3.8) is 0 Å². The molecule has 1 aromatic carbocycles. The maximum atomic E-state index is 12.9. The number of aromatic nitrogens is 2. The highest BCUT2D eigenvalue weighted by Gasteiger charge is 2.31. The number of nitrogens with zero attached hydrogens (tertiary/aromatic N) is 3. The molecule has 0 radical (unpaired) electrons. The van der Waals surface area contributed by atoms with Crippen molar-refractivity contribution in [2.45, 2.75) is 26.2 Å². The van der Waals surface area contributed by atoms with Crippen LogP contribution in [0.25, 0.3) is 0 Å². The van der Waals surface area contributed by atoms with Crippen molar-refractivity contribution in [1.29, 1.82) is 0 Å². The highest BCUT2D eigenvalue weighted by Crippen LogP contribution is 2.26. The number of carbonyl (C=O) groups is 1. The fourth-order valence-corrected chi connectivity index (χ4v) is 4.06. The summed E-state index contributed by atoms with van der Waals surface area (Å²) in [5.41, 5.74) is 3.47. The van der Waals surface area contributed by atoms with Gasteiger partial charge in [0.1, 0.15) is 5.82 Å². The topological polar surface area (TPSA) is 52.2 Å². The normalized spacial score (nSPS) is 20.5. The number of carbonyl (C=O) groups excluding carboxylic acids is 1. The molecular weight excluding hydrogens is 336 g/mol. The van der Waals surface area contributed by atoms with Crippen molar-refractivity contribution < 1.29 is 4.79 Å². The lowest BCUT2D eigenvalue weighted by Crippen LogP contribution is -2.51. The molecule has 0 saturated carbocycles.